The zero-order chi connectivity index (χ0) is 14.9. The summed E-state index contributed by atoms with van der Waals surface area (Å²) in [6, 6.07) is 10.4. The molecule has 114 valence electrons. The summed E-state index contributed by atoms with van der Waals surface area (Å²) in [6.07, 6.45) is 5.99. The lowest BCUT2D eigenvalue weighted by molar-refractivity contribution is 0.0964. The van der Waals surface area contributed by atoms with Gasteiger partial charge in [-0.15, -0.1) is 0 Å². The zero-order valence-corrected chi connectivity index (χ0v) is 13.4. The molecule has 0 unspecified atom stereocenters. The Balaban J connectivity index is 1.85. The Hall–Kier alpha value is -1.52. The van der Waals surface area contributed by atoms with E-state index in [-0.39, 0.29) is 0 Å². The van der Waals surface area contributed by atoms with Crippen molar-refractivity contribution >= 4 is 12.2 Å². The second-order valence-electron chi connectivity index (χ2n) is 6.13. The average Bonchev–Trinajstić information content (AvgIpc) is 3.22. The van der Waals surface area contributed by atoms with Crippen LogP contribution in [0.1, 0.15) is 30.5 Å². The van der Waals surface area contributed by atoms with Crippen molar-refractivity contribution in [3.63, 3.8) is 0 Å². The maximum atomic E-state index is 5.86. The molecule has 4 heteroatoms. The molecule has 1 aliphatic carbocycles. The first-order valence-corrected chi connectivity index (χ1v) is 8.53. The number of benzene rings is 1. The molecule has 1 aromatic heterocycles. The van der Waals surface area contributed by atoms with E-state index in [0.29, 0.717) is 6.10 Å². The Bertz CT molecular complexity index is 733. The minimum atomic E-state index is 0.315. The zero-order valence-electron chi connectivity index (χ0n) is 12.6. The van der Waals surface area contributed by atoms with E-state index in [4.69, 9.17) is 21.9 Å². The van der Waals surface area contributed by atoms with Crippen LogP contribution in [-0.4, -0.2) is 22.3 Å². The highest BCUT2D eigenvalue weighted by Crippen LogP contribution is 2.29. The first-order chi connectivity index (χ1) is 10.8. The van der Waals surface area contributed by atoms with Gasteiger partial charge in [0.05, 0.1) is 12.6 Å². The number of nitrogens with zero attached hydrogens (tertiary/aromatic N) is 2. The number of aromatic nitrogens is 2. The summed E-state index contributed by atoms with van der Waals surface area (Å²) >= 11 is 5.55. The molecule has 2 heterocycles. The van der Waals surface area contributed by atoms with Crippen LogP contribution >= 0.6 is 12.2 Å². The van der Waals surface area contributed by atoms with Gasteiger partial charge in [-0.1, -0.05) is 42.5 Å². The van der Waals surface area contributed by atoms with Gasteiger partial charge in [-0.25, -0.2) is 4.98 Å². The highest BCUT2D eigenvalue weighted by Gasteiger charge is 2.24. The second kappa shape index (κ2) is 5.94. The Morgan fingerprint density at radius 1 is 1.18 bits per heavy atom. The van der Waals surface area contributed by atoms with Gasteiger partial charge in [0.1, 0.15) is 10.5 Å². The van der Waals surface area contributed by atoms with Crippen molar-refractivity contribution in [3.8, 4) is 11.4 Å². The Morgan fingerprint density at radius 2 is 2.05 bits per heavy atom. The first-order valence-electron chi connectivity index (χ1n) is 8.12. The minimum absolute atomic E-state index is 0.315. The maximum absolute atomic E-state index is 5.86. The van der Waals surface area contributed by atoms with Crippen LogP contribution in [0, 0.1) is 4.64 Å². The monoisotopic (exact) mass is 312 g/mol. The van der Waals surface area contributed by atoms with Crippen LogP contribution in [0.25, 0.3) is 11.4 Å². The normalized spacial score (nSPS) is 20.3. The van der Waals surface area contributed by atoms with Crippen molar-refractivity contribution in [1.29, 1.82) is 0 Å². The van der Waals surface area contributed by atoms with E-state index in [1.54, 1.807) is 0 Å². The third-order valence-corrected chi connectivity index (χ3v) is 5.02. The lowest BCUT2D eigenvalue weighted by Crippen LogP contribution is -2.21. The summed E-state index contributed by atoms with van der Waals surface area (Å²) in [5.41, 5.74) is 3.81. The molecule has 1 saturated heterocycles. The van der Waals surface area contributed by atoms with Crippen molar-refractivity contribution in [2.24, 2.45) is 0 Å². The quantitative estimate of drug-likeness (QED) is 0.803. The van der Waals surface area contributed by atoms with Crippen molar-refractivity contribution in [3.05, 3.63) is 46.2 Å². The van der Waals surface area contributed by atoms with Crippen LogP contribution in [-0.2, 0) is 24.1 Å². The third-order valence-electron chi connectivity index (χ3n) is 4.68. The van der Waals surface area contributed by atoms with E-state index in [1.165, 1.54) is 24.1 Å². The van der Waals surface area contributed by atoms with Crippen LogP contribution < -0.4 is 0 Å². The highest BCUT2D eigenvalue weighted by atomic mass is 32.1. The van der Waals surface area contributed by atoms with Gasteiger partial charge in [-0.2, -0.15) is 0 Å². The fraction of sp³-hybridized carbons (Fsp3) is 0.444. The fourth-order valence-corrected chi connectivity index (χ4v) is 3.91. The molecular weight excluding hydrogens is 292 g/mol. The van der Waals surface area contributed by atoms with E-state index >= 15 is 0 Å². The standard InChI is InChI=1S/C18H20N2OS/c22-18-15-9-4-10-16(15)20(12-14-8-5-11-21-14)17(19-18)13-6-2-1-3-7-13/h1-3,6-7,14H,4-5,8-12H2/t14-/m0/s1. The molecule has 0 spiro atoms. The number of ether oxygens (including phenoxy) is 1. The summed E-state index contributed by atoms with van der Waals surface area (Å²) < 4.78 is 9.03. The Kier molecular flexibility index (Phi) is 3.80. The molecule has 22 heavy (non-hydrogen) atoms. The number of rotatable bonds is 3. The molecule has 4 rings (SSSR count). The Morgan fingerprint density at radius 3 is 2.82 bits per heavy atom. The number of hydrogen-bond acceptors (Lipinski definition) is 3. The summed E-state index contributed by atoms with van der Waals surface area (Å²) in [4.78, 5) is 4.78. The molecule has 1 fully saturated rings. The minimum Gasteiger partial charge on any atom is -0.376 e. The summed E-state index contributed by atoms with van der Waals surface area (Å²) in [5, 5.41) is 0. The van der Waals surface area contributed by atoms with Crippen molar-refractivity contribution in [2.75, 3.05) is 6.61 Å². The SMILES string of the molecule is S=c1nc(-c2ccccc2)n(C[C@@H]2CCCO2)c2c1CCC2. The van der Waals surface area contributed by atoms with E-state index in [1.807, 2.05) is 6.07 Å². The topological polar surface area (TPSA) is 27.1 Å². The average molecular weight is 312 g/mol. The second-order valence-corrected chi connectivity index (χ2v) is 6.52. The molecule has 1 aromatic carbocycles. The summed E-state index contributed by atoms with van der Waals surface area (Å²) in [7, 11) is 0. The number of hydrogen-bond donors (Lipinski definition) is 0. The molecule has 3 nitrogen and oxygen atoms in total. The predicted molar refractivity (Wildman–Crippen MR) is 89.5 cm³/mol. The van der Waals surface area contributed by atoms with Crippen molar-refractivity contribution < 1.29 is 4.74 Å². The van der Waals surface area contributed by atoms with Gasteiger partial charge >= 0.3 is 0 Å². The lowest BCUT2D eigenvalue weighted by atomic mass is 10.1. The summed E-state index contributed by atoms with van der Waals surface area (Å²) in [5.74, 6) is 1.00. The Labute approximate surface area is 136 Å². The van der Waals surface area contributed by atoms with E-state index in [2.05, 4.69) is 28.8 Å². The van der Waals surface area contributed by atoms with Gasteiger partial charge in [0.25, 0.3) is 0 Å². The summed E-state index contributed by atoms with van der Waals surface area (Å²) in [6.45, 7) is 1.79. The molecular formula is C18H20N2OS. The maximum Gasteiger partial charge on any atom is 0.141 e. The van der Waals surface area contributed by atoms with Gasteiger partial charge < -0.3 is 9.30 Å². The van der Waals surface area contributed by atoms with Crippen LogP contribution in [0.15, 0.2) is 30.3 Å². The molecule has 0 amide bonds. The van der Waals surface area contributed by atoms with Crippen LogP contribution in [0.2, 0.25) is 0 Å². The fourth-order valence-electron chi connectivity index (χ4n) is 3.60. The highest BCUT2D eigenvalue weighted by molar-refractivity contribution is 7.71. The van der Waals surface area contributed by atoms with Gasteiger partial charge in [-0.05, 0) is 32.1 Å². The van der Waals surface area contributed by atoms with Crippen LogP contribution in [0.5, 0.6) is 0 Å². The first kappa shape index (κ1) is 14.1. The number of fused-ring (bicyclic) bond motifs is 1. The van der Waals surface area contributed by atoms with E-state index in [9.17, 15) is 0 Å². The van der Waals surface area contributed by atoms with Gasteiger partial charge in [-0.3, -0.25) is 0 Å². The molecule has 1 atom stereocenters. The third kappa shape index (κ3) is 2.50. The van der Waals surface area contributed by atoms with Gasteiger partial charge in [0, 0.05) is 23.4 Å². The van der Waals surface area contributed by atoms with Gasteiger partial charge in [0.2, 0.25) is 0 Å². The van der Waals surface area contributed by atoms with Gasteiger partial charge in [0.15, 0.2) is 0 Å². The molecule has 0 radical (unpaired) electrons. The molecule has 0 saturated carbocycles. The van der Waals surface area contributed by atoms with E-state index in [0.717, 1.165) is 48.4 Å². The smallest absolute Gasteiger partial charge is 0.141 e. The van der Waals surface area contributed by atoms with Crippen LogP contribution in [0.4, 0.5) is 0 Å². The van der Waals surface area contributed by atoms with Crippen molar-refractivity contribution in [1.82, 2.24) is 9.55 Å². The van der Waals surface area contributed by atoms with E-state index < -0.39 is 0 Å². The largest absolute Gasteiger partial charge is 0.376 e. The molecule has 1 aliphatic heterocycles. The molecule has 0 N–H and O–H groups in total. The molecule has 2 aromatic rings. The molecule has 2 aliphatic rings. The van der Waals surface area contributed by atoms with Crippen molar-refractivity contribution in [2.45, 2.75) is 44.8 Å². The lowest BCUT2D eigenvalue weighted by Gasteiger charge is -2.21. The van der Waals surface area contributed by atoms with Crippen LogP contribution in [0.3, 0.4) is 0 Å². The predicted octanol–water partition coefficient (Wildman–Crippen LogP) is 3.95. The molecule has 0 bridgehead atoms.